The van der Waals surface area contributed by atoms with Crippen molar-refractivity contribution in [2.75, 3.05) is 13.1 Å². The predicted molar refractivity (Wildman–Crippen MR) is 191 cm³/mol. The molecule has 3 aliphatic rings. The molecular formula is C38H55MnN7O4. The van der Waals surface area contributed by atoms with Crippen LogP contribution in [0.25, 0.3) is 0 Å². The summed E-state index contributed by atoms with van der Waals surface area (Å²) < 4.78 is 2.14. The number of nitrogens with zero attached hydrogens (tertiary/aromatic N) is 1. The molecule has 3 aromatic rings. The van der Waals surface area contributed by atoms with Crippen molar-refractivity contribution in [3.05, 3.63) is 108 Å². The molecule has 0 amide bonds. The van der Waals surface area contributed by atoms with Crippen LogP contribution in [0.4, 0.5) is 0 Å². The summed E-state index contributed by atoms with van der Waals surface area (Å²) in [5.74, 6) is -2.01. The number of fused-ring (bicyclic) bond motifs is 4. The number of aromatic nitrogens is 1. The van der Waals surface area contributed by atoms with E-state index in [2.05, 4.69) is 51.1 Å². The Bertz CT molecular complexity index is 1330. The second-order valence-electron chi connectivity index (χ2n) is 13.1. The van der Waals surface area contributed by atoms with E-state index in [0.29, 0.717) is 35.3 Å². The number of aliphatic carboxylic acids is 2. The van der Waals surface area contributed by atoms with Crippen LogP contribution in [0.5, 0.6) is 0 Å². The maximum atomic E-state index is 10.4. The fourth-order valence-corrected chi connectivity index (χ4v) is 6.77. The number of hydrogen-bond donors (Lipinski definition) is 8. The van der Waals surface area contributed by atoms with Gasteiger partial charge >= 0.3 is 11.9 Å². The van der Waals surface area contributed by atoms with Crippen molar-refractivity contribution < 1.29 is 41.4 Å². The minimum absolute atomic E-state index is 0. The fourth-order valence-electron chi connectivity index (χ4n) is 6.77. The fraction of sp³-hybridized carbons (Fsp3) is 0.474. The first kappa shape index (κ1) is 41.1. The summed E-state index contributed by atoms with van der Waals surface area (Å²) in [7, 11) is 4.34. The molecule has 1 aliphatic heterocycles. The number of benzene rings is 2. The summed E-state index contributed by atoms with van der Waals surface area (Å²) in [4.78, 5) is 20.7. The van der Waals surface area contributed by atoms with Crippen molar-refractivity contribution in [3.8, 4) is 0 Å². The Labute approximate surface area is 307 Å². The summed E-state index contributed by atoms with van der Waals surface area (Å²) in [5.41, 5.74) is 14.5. The van der Waals surface area contributed by atoms with Gasteiger partial charge in [0.15, 0.2) is 0 Å². The number of carbonyl (C=O) groups is 2. The first-order chi connectivity index (χ1) is 23.7. The van der Waals surface area contributed by atoms with Crippen LogP contribution in [0.1, 0.15) is 86.0 Å². The number of carboxylic acids is 2. The summed E-state index contributed by atoms with van der Waals surface area (Å²) in [5, 5.41) is 32.4. The van der Waals surface area contributed by atoms with Crippen LogP contribution in [0.2, 0.25) is 0 Å². The Kier molecular flexibility index (Phi) is 17.9. The number of nitrogens with two attached hydrogens (primary N) is 2. The maximum Gasteiger partial charge on any atom is 0.325 e. The molecule has 6 atom stereocenters. The van der Waals surface area contributed by atoms with Crippen LogP contribution >= 0.6 is 0 Å². The first-order valence-corrected chi connectivity index (χ1v) is 17.6. The van der Waals surface area contributed by atoms with Gasteiger partial charge < -0.3 is 47.5 Å². The molecule has 0 unspecified atom stereocenters. The Morgan fingerprint density at radius 2 is 0.940 bits per heavy atom. The summed E-state index contributed by atoms with van der Waals surface area (Å²) in [6.07, 6.45) is 10.5. The predicted octanol–water partition coefficient (Wildman–Crippen LogP) is 3.15. The first-order valence-electron chi connectivity index (χ1n) is 17.6. The smallest absolute Gasteiger partial charge is 0.325 e. The molecule has 0 saturated heterocycles. The molecule has 50 heavy (non-hydrogen) atoms. The van der Waals surface area contributed by atoms with E-state index in [9.17, 15) is 9.59 Å². The van der Waals surface area contributed by atoms with Crippen molar-refractivity contribution in [1.29, 1.82) is 0 Å². The summed E-state index contributed by atoms with van der Waals surface area (Å²) in [6.45, 7) is 3.92. The van der Waals surface area contributed by atoms with Crippen LogP contribution in [0, 0.1) is 7.05 Å². The quantitative estimate of drug-likeness (QED) is 0.113. The van der Waals surface area contributed by atoms with E-state index in [4.69, 9.17) is 21.7 Å². The van der Waals surface area contributed by atoms with Gasteiger partial charge in [0.05, 0.1) is 11.4 Å². The van der Waals surface area contributed by atoms with Crippen molar-refractivity contribution in [3.63, 3.8) is 0 Å². The van der Waals surface area contributed by atoms with Crippen LogP contribution < -0.4 is 37.3 Å². The standard InChI is InChI=1S/C22H37N5.2C8H9NO2.Mn/c1-27-17-7-6-8-18(27)16-26-22-12-5-3-10-20(22)24-14-13-23-19-9-2-4-11-21(19)25-15-17;2*9-7(8(10)11)6-4-2-1-3-5-6;/h6-8,19-26H,1-5,9-16H2;2*1-5,7H,9H2,(H,10,11);/t19-,20-,21-,22-;2*7-;/m000./s1. The molecule has 0 spiro atoms. The van der Waals surface area contributed by atoms with E-state index in [1.807, 2.05) is 12.1 Å². The average Bonchev–Trinajstić information content (AvgIpc) is 3.13. The van der Waals surface area contributed by atoms with Crippen LogP contribution in [0.15, 0.2) is 78.9 Å². The van der Waals surface area contributed by atoms with Crippen LogP contribution in [-0.2, 0) is 39.7 Å². The van der Waals surface area contributed by atoms with Gasteiger partial charge in [-0.05, 0) is 36.8 Å². The molecule has 2 heterocycles. The Morgan fingerprint density at radius 1 is 0.600 bits per heavy atom. The molecule has 10 N–H and O–H groups in total. The maximum absolute atomic E-state index is 10.4. The van der Waals surface area contributed by atoms with Crippen LogP contribution in [-0.4, -0.2) is 59.4 Å². The zero-order valence-electron chi connectivity index (χ0n) is 28.9. The van der Waals surface area contributed by atoms with E-state index in [-0.39, 0.29) is 17.1 Å². The Balaban J connectivity index is 0.000000243. The van der Waals surface area contributed by atoms with E-state index in [1.165, 1.54) is 62.8 Å². The van der Waals surface area contributed by atoms with Gasteiger partial charge in [-0.3, -0.25) is 9.59 Å². The van der Waals surface area contributed by atoms with E-state index >= 15 is 0 Å². The Morgan fingerprint density at radius 3 is 1.28 bits per heavy atom. The second kappa shape index (κ2) is 21.8. The van der Waals surface area contributed by atoms with Gasteiger partial charge in [-0.15, -0.1) is 0 Å². The largest absolute Gasteiger partial charge is 0.480 e. The molecule has 2 aromatic carbocycles. The molecule has 2 saturated carbocycles. The third-order valence-electron chi connectivity index (χ3n) is 9.68. The van der Waals surface area contributed by atoms with Crippen molar-refractivity contribution in [1.82, 2.24) is 21.3 Å². The zero-order valence-corrected chi connectivity index (χ0v) is 30.0. The number of rotatable bonds is 4. The molecule has 1 aromatic heterocycles. The average molecular weight is 729 g/mol. The molecule has 1 radical (unpaired) electrons. The molecule has 2 fully saturated rings. The monoisotopic (exact) mass is 728 g/mol. The van der Waals surface area contributed by atoms with Crippen molar-refractivity contribution >= 4 is 11.9 Å². The molecule has 12 heteroatoms. The van der Waals surface area contributed by atoms with E-state index in [0.717, 1.165) is 26.2 Å². The normalized spacial score (nSPS) is 23.4. The van der Waals surface area contributed by atoms with Gasteiger partial charge in [0.25, 0.3) is 0 Å². The molecule has 6 rings (SSSR count). The zero-order chi connectivity index (χ0) is 35.0. The molecule has 11 nitrogen and oxygen atoms in total. The van der Waals surface area contributed by atoms with E-state index < -0.39 is 24.0 Å². The van der Waals surface area contributed by atoms with Gasteiger partial charge in [-0.1, -0.05) is 105 Å². The Hall–Kier alpha value is -3.32. The third kappa shape index (κ3) is 12.8. The minimum atomic E-state index is -1.00. The van der Waals surface area contributed by atoms with Gasteiger partial charge in [-0.2, -0.15) is 0 Å². The summed E-state index contributed by atoms with van der Waals surface area (Å²) in [6, 6.07) is 24.5. The number of nitrogens with one attached hydrogen (secondary N) is 4. The molecule has 273 valence electrons. The second-order valence-corrected chi connectivity index (χ2v) is 13.1. The summed E-state index contributed by atoms with van der Waals surface area (Å²) >= 11 is 0. The van der Waals surface area contributed by atoms with Gasteiger partial charge in [0.2, 0.25) is 0 Å². The number of pyridine rings is 1. The van der Waals surface area contributed by atoms with Crippen molar-refractivity contribution in [2.45, 2.75) is 101 Å². The minimum Gasteiger partial charge on any atom is -0.480 e. The topological polar surface area (TPSA) is 179 Å². The van der Waals surface area contributed by atoms with Gasteiger partial charge in [0, 0.05) is 74.5 Å². The van der Waals surface area contributed by atoms with Crippen LogP contribution in [0.3, 0.4) is 0 Å². The third-order valence-corrected chi connectivity index (χ3v) is 9.68. The molecular weight excluding hydrogens is 673 g/mol. The molecule has 2 bridgehead atoms. The molecule has 2 aliphatic carbocycles. The van der Waals surface area contributed by atoms with Gasteiger partial charge in [-0.25, -0.2) is 0 Å². The number of hydrogen-bond acceptors (Lipinski definition) is 8. The van der Waals surface area contributed by atoms with Gasteiger partial charge in [0.1, 0.15) is 12.1 Å². The van der Waals surface area contributed by atoms with E-state index in [1.54, 1.807) is 48.5 Å². The number of carboxylic acid groups (broad SMARTS) is 2. The van der Waals surface area contributed by atoms with Crippen molar-refractivity contribution in [2.24, 2.45) is 11.5 Å². The SMILES string of the molecule is N[C@H](C(=O)O)c1ccccc1.N[C@H](C(=O)O)c1ccccc1.[CH2-][n+]1c2cccc1CN[C@H]1CCCC[C@@H]1NCCN[C@H]1CCCC[C@@H]1NC2.[Mn].